The van der Waals surface area contributed by atoms with Crippen molar-refractivity contribution in [2.24, 2.45) is 5.92 Å². The van der Waals surface area contributed by atoms with Crippen molar-refractivity contribution >= 4 is 17.9 Å². The van der Waals surface area contributed by atoms with Crippen LogP contribution in [0.2, 0.25) is 0 Å². The summed E-state index contributed by atoms with van der Waals surface area (Å²) >= 11 is 0. The first-order valence-corrected chi connectivity index (χ1v) is 4.87. The Morgan fingerprint density at radius 2 is 1.47 bits per heavy atom. The Bertz CT molecular complexity index is 317. The molecule has 1 atom stereocenters. The molecule has 0 fully saturated rings. The molecule has 0 rings (SSSR count). The van der Waals surface area contributed by atoms with Gasteiger partial charge in [0.15, 0.2) is 5.92 Å². The van der Waals surface area contributed by atoms with Crippen LogP contribution in [0.4, 0.5) is 0 Å². The summed E-state index contributed by atoms with van der Waals surface area (Å²) in [6.07, 6.45) is -0.987. The van der Waals surface area contributed by atoms with Crippen molar-refractivity contribution in [3.63, 3.8) is 0 Å². The Labute approximate surface area is 99.5 Å². The standard InChI is InChI=1S/C11H16O6/c1-6(2)9(12)17-7(3)8(10(13)15-4)11(14)16-5/h7-8H,1H2,2-5H3. The maximum atomic E-state index is 11.4. The van der Waals surface area contributed by atoms with Crippen molar-refractivity contribution in [1.82, 2.24) is 0 Å². The van der Waals surface area contributed by atoms with Crippen LogP contribution in [0.15, 0.2) is 12.2 Å². The summed E-state index contributed by atoms with van der Waals surface area (Å²) in [6.45, 7) is 6.25. The molecule has 0 spiro atoms. The van der Waals surface area contributed by atoms with Gasteiger partial charge in [0.2, 0.25) is 0 Å². The highest BCUT2D eigenvalue weighted by Crippen LogP contribution is 2.13. The zero-order chi connectivity index (χ0) is 13.6. The summed E-state index contributed by atoms with van der Waals surface area (Å²) in [7, 11) is 2.26. The predicted molar refractivity (Wildman–Crippen MR) is 57.9 cm³/mol. The van der Waals surface area contributed by atoms with Crippen molar-refractivity contribution in [2.45, 2.75) is 20.0 Å². The van der Waals surface area contributed by atoms with Crippen LogP contribution < -0.4 is 0 Å². The van der Waals surface area contributed by atoms with E-state index >= 15 is 0 Å². The third-order valence-electron chi connectivity index (χ3n) is 2.02. The molecule has 0 N–H and O–H groups in total. The van der Waals surface area contributed by atoms with E-state index in [-0.39, 0.29) is 5.57 Å². The molecule has 0 saturated carbocycles. The van der Waals surface area contributed by atoms with E-state index in [9.17, 15) is 14.4 Å². The van der Waals surface area contributed by atoms with Crippen molar-refractivity contribution in [3.8, 4) is 0 Å². The van der Waals surface area contributed by atoms with E-state index in [2.05, 4.69) is 16.1 Å². The van der Waals surface area contributed by atoms with Crippen LogP contribution in [-0.2, 0) is 28.6 Å². The highest BCUT2D eigenvalue weighted by atomic mass is 16.6. The lowest BCUT2D eigenvalue weighted by atomic mass is 10.0. The van der Waals surface area contributed by atoms with Crippen LogP contribution in [-0.4, -0.2) is 38.2 Å². The first-order chi connectivity index (χ1) is 7.84. The van der Waals surface area contributed by atoms with Crippen LogP contribution in [0.1, 0.15) is 13.8 Å². The van der Waals surface area contributed by atoms with E-state index in [0.717, 1.165) is 14.2 Å². The number of carbonyl (C=O) groups excluding carboxylic acids is 3. The lowest BCUT2D eigenvalue weighted by Crippen LogP contribution is -2.38. The van der Waals surface area contributed by atoms with Crippen molar-refractivity contribution in [1.29, 1.82) is 0 Å². The molecule has 0 aliphatic rings. The maximum Gasteiger partial charge on any atom is 0.333 e. The molecule has 0 aliphatic carbocycles. The van der Waals surface area contributed by atoms with Crippen LogP contribution in [0.3, 0.4) is 0 Å². The average molecular weight is 244 g/mol. The number of rotatable bonds is 5. The van der Waals surface area contributed by atoms with E-state index in [1.165, 1.54) is 13.8 Å². The second-order valence-electron chi connectivity index (χ2n) is 3.41. The molecule has 0 heterocycles. The second-order valence-corrected chi connectivity index (χ2v) is 3.41. The molecule has 0 radical (unpaired) electrons. The Hall–Kier alpha value is -1.85. The van der Waals surface area contributed by atoms with Gasteiger partial charge in [-0.1, -0.05) is 6.58 Å². The lowest BCUT2D eigenvalue weighted by molar-refractivity contribution is -0.168. The van der Waals surface area contributed by atoms with E-state index in [1.807, 2.05) is 0 Å². The van der Waals surface area contributed by atoms with E-state index in [0.29, 0.717) is 0 Å². The van der Waals surface area contributed by atoms with Gasteiger partial charge in [-0.05, 0) is 13.8 Å². The molecule has 0 bridgehead atoms. The average Bonchev–Trinajstić information content (AvgIpc) is 2.28. The Morgan fingerprint density at radius 3 is 1.76 bits per heavy atom. The summed E-state index contributed by atoms with van der Waals surface area (Å²) in [5.74, 6) is -3.62. The fourth-order valence-corrected chi connectivity index (χ4v) is 1.07. The molecular weight excluding hydrogens is 228 g/mol. The third kappa shape index (κ3) is 4.26. The number of esters is 3. The Balaban J connectivity index is 4.81. The van der Waals surface area contributed by atoms with Gasteiger partial charge < -0.3 is 14.2 Å². The fraction of sp³-hybridized carbons (Fsp3) is 0.545. The van der Waals surface area contributed by atoms with E-state index in [1.54, 1.807) is 0 Å². The zero-order valence-corrected chi connectivity index (χ0v) is 10.3. The first kappa shape index (κ1) is 15.2. The Kier molecular flexibility index (Phi) is 5.95. The van der Waals surface area contributed by atoms with Crippen LogP contribution in [0, 0.1) is 5.92 Å². The van der Waals surface area contributed by atoms with Gasteiger partial charge in [0.05, 0.1) is 14.2 Å². The normalized spacial score (nSPS) is 11.6. The summed E-state index contributed by atoms with van der Waals surface area (Å²) in [6, 6.07) is 0. The van der Waals surface area contributed by atoms with Gasteiger partial charge >= 0.3 is 17.9 Å². The number of hydrogen-bond donors (Lipinski definition) is 0. The number of ether oxygens (including phenoxy) is 3. The van der Waals surface area contributed by atoms with Crippen LogP contribution in [0.25, 0.3) is 0 Å². The van der Waals surface area contributed by atoms with Gasteiger partial charge in [0.1, 0.15) is 6.10 Å². The number of hydrogen-bond acceptors (Lipinski definition) is 6. The minimum atomic E-state index is -1.30. The monoisotopic (exact) mass is 244 g/mol. The topological polar surface area (TPSA) is 78.9 Å². The summed E-state index contributed by atoms with van der Waals surface area (Å²) in [5.41, 5.74) is 0.172. The summed E-state index contributed by atoms with van der Waals surface area (Å²) in [5, 5.41) is 0. The molecular formula is C11H16O6. The smallest absolute Gasteiger partial charge is 0.333 e. The minimum absolute atomic E-state index is 0.172. The molecule has 0 aromatic heterocycles. The molecule has 0 aromatic rings. The summed E-state index contributed by atoms with van der Waals surface area (Å²) < 4.78 is 13.8. The van der Waals surface area contributed by atoms with Gasteiger partial charge in [-0.2, -0.15) is 0 Å². The molecule has 6 nitrogen and oxygen atoms in total. The predicted octanol–water partition coefficient (Wildman–Crippen LogP) is 0.456. The molecule has 6 heteroatoms. The van der Waals surface area contributed by atoms with E-state index < -0.39 is 29.9 Å². The molecule has 0 aliphatic heterocycles. The van der Waals surface area contributed by atoms with Crippen molar-refractivity contribution in [3.05, 3.63) is 12.2 Å². The largest absolute Gasteiger partial charge is 0.468 e. The van der Waals surface area contributed by atoms with Crippen LogP contribution in [0.5, 0.6) is 0 Å². The molecule has 17 heavy (non-hydrogen) atoms. The van der Waals surface area contributed by atoms with Crippen LogP contribution >= 0.6 is 0 Å². The fourth-order valence-electron chi connectivity index (χ4n) is 1.07. The molecule has 0 saturated heterocycles. The molecule has 0 aromatic carbocycles. The van der Waals surface area contributed by atoms with Gasteiger partial charge in [-0.15, -0.1) is 0 Å². The molecule has 0 amide bonds. The highest BCUT2D eigenvalue weighted by molar-refractivity contribution is 5.96. The zero-order valence-electron chi connectivity index (χ0n) is 10.3. The van der Waals surface area contributed by atoms with Crippen molar-refractivity contribution in [2.75, 3.05) is 14.2 Å². The molecule has 96 valence electrons. The van der Waals surface area contributed by atoms with Gasteiger partial charge in [-0.25, -0.2) is 4.79 Å². The quantitative estimate of drug-likeness (QED) is 0.302. The maximum absolute atomic E-state index is 11.4. The third-order valence-corrected chi connectivity index (χ3v) is 2.02. The van der Waals surface area contributed by atoms with Gasteiger partial charge in [0, 0.05) is 5.57 Å². The lowest BCUT2D eigenvalue weighted by Gasteiger charge is -2.19. The van der Waals surface area contributed by atoms with E-state index in [4.69, 9.17) is 4.74 Å². The number of methoxy groups -OCH3 is 2. The second kappa shape index (κ2) is 6.67. The molecule has 1 unspecified atom stereocenters. The van der Waals surface area contributed by atoms with Gasteiger partial charge in [-0.3, -0.25) is 9.59 Å². The van der Waals surface area contributed by atoms with Gasteiger partial charge in [0.25, 0.3) is 0 Å². The minimum Gasteiger partial charge on any atom is -0.468 e. The SMILES string of the molecule is C=C(C)C(=O)OC(C)C(C(=O)OC)C(=O)OC. The summed E-state index contributed by atoms with van der Waals surface area (Å²) in [4.78, 5) is 34.0. The highest BCUT2D eigenvalue weighted by Gasteiger charge is 2.36. The van der Waals surface area contributed by atoms with Crippen molar-refractivity contribution < 1.29 is 28.6 Å². The Morgan fingerprint density at radius 1 is 1.06 bits per heavy atom. The first-order valence-electron chi connectivity index (χ1n) is 4.87. The number of carbonyl (C=O) groups is 3.